The van der Waals surface area contributed by atoms with E-state index in [-0.39, 0.29) is 0 Å². The molecule has 2 fully saturated rings. The first-order valence-corrected chi connectivity index (χ1v) is 9.10. The lowest BCUT2D eigenvalue weighted by atomic mass is 10.2. The van der Waals surface area contributed by atoms with Crippen molar-refractivity contribution in [2.24, 2.45) is 16.6 Å². The Morgan fingerprint density at radius 3 is 3.00 bits per heavy atom. The molecule has 24 heavy (non-hydrogen) atoms. The minimum atomic E-state index is 0.506. The van der Waals surface area contributed by atoms with Crippen LogP contribution in [0.4, 0.5) is 0 Å². The summed E-state index contributed by atoms with van der Waals surface area (Å²) in [7, 11) is 0. The number of nitrogens with one attached hydrogen (secondary N) is 1. The Balaban J connectivity index is 1.40. The molecule has 0 bridgehead atoms. The third kappa shape index (κ3) is 5.09. The fourth-order valence-electron chi connectivity index (χ4n) is 3.07. The number of guanidine groups is 1. The molecule has 1 aromatic heterocycles. The molecule has 6 nitrogen and oxygen atoms in total. The molecule has 2 heterocycles. The third-order valence-corrected chi connectivity index (χ3v) is 4.82. The second-order valence-electron chi connectivity index (χ2n) is 6.77. The molecule has 1 saturated carbocycles. The van der Waals surface area contributed by atoms with Gasteiger partial charge in [0.2, 0.25) is 5.88 Å². The second-order valence-corrected chi connectivity index (χ2v) is 6.77. The lowest BCUT2D eigenvalue weighted by molar-refractivity contribution is 0.267. The van der Waals surface area contributed by atoms with E-state index in [1.165, 1.54) is 32.2 Å². The lowest BCUT2D eigenvalue weighted by Crippen LogP contribution is -2.42. The molecule has 1 aliphatic heterocycles. The van der Waals surface area contributed by atoms with Crippen LogP contribution in [0.2, 0.25) is 0 Å². The van der Waals surface area contributed by atoms with E-state index in [0.29, 0.717) is 24.4 Å². The zero-order valence-corrected chi connectivity index (χ0v) is 14.6. The summed E-state index contributed by atoms with van der Waals surface area (Å²) in [6.45, 7) is 6.70. The van der Waals surface area contributed by atoms with E-state index in [2.05, 4.69) is 27.1 Å². The topological polar surface area (TPSA) is 75.8 Å². The highest BCUT2D eigenvalue weighted by Crippen LogP contribution is 2.29. The van der Waals surface area contributed by atoms with E-state index in [1.54, 1.807) is 0 Å². The molecule has 0 radical (unpaired) electrons. The molecule has 0 spiro atoms. The molecular formula is C18H29N5O. The molecule has 132 valence electrons. The van der Waals surface area contributed by atoms with Gasteiger partial charge < -0.3 is 15.8 Å². The number of pyridine rings is 1. The molecular weight excluding hydrogens is 302 g/mol. The summed E-state index contributed by atoms with van der Waals surface area (Å²) < 4.78 is 5.64. The van der Waals surface area contributed by atoms with Gasteiger partial charge >= 0.3 is 0 Å². The van der Waals surface area contributed by atoms with Gasteiger partial charge in [-0.05, 0) is 50.3 Å². The Bertz CT molecular complexity index is 541. The first kappa shape index (κ1) is 17.0. The van der Waals surface area contributed by atoms with Crippen molar-refractivity contribution in [1.29, 1.82) is 0 Å². The lowest BCUT2D eigenvalue weighted by Gasteiger charge is -2.23. The van der Waals surface area contributed by atoms with Crippen LogP contribution in [0, 0.1) is 5.92 Å². The zero-order valence-electron chi connectivity index (χ0n) is 14.6. The number of hydrogen-bond acceptors (Lipinski definition) is 4. The molecule has 6 heteroatoms. The fraction of sp³-hybridized carbons (Fsp3) is 0.667. The minimum absolute atomic E-state index is 0.506. The van der Waals surface area contributed by atoms with Gasteiger partial charge in [-0.2, -0.15) is 0 Å². The average molecular weight is 331 g/mol. The van der Waals surface area contributed by atoms with Crippen LogP contribution in [0.5, 0.6) is 5.88 Å². The number of hydrogen-bond donors (Lipinski definition) is 2. The van der Waals surface area contributed by atoms with Crippen molar-refractivity contribution in [2.45, 2.75) is 45.2 Å². The Kier molecular flexibility index (Phi) is 5.91. The molecule has 1 aliphatic carbocycles. The molecule has 1 unspecified atom stereocenters. The van der Waals surface area contributed by atoms with E-state index in [4.69, 9.17) is 10.5 Å². The standard InChI is InChI=1S/C18H29N5O/c1-2-23-9-3-4-16(23)12-22-18(19)21-11-15-7-8-17(20-10-15)24-13-14-5-6-14/h7-8,10,14,16H,2-6,9,11-13H2,1H3,(H3,19,21,22). The number of aliphatic imine (C=N–C) groups is 1. The van der Waals surface area contributed by atoms with Crippen molar-refractivity contribution >= 4 is 5.96 Å². The van der Waals surface area contributed by atoms with Crippen LogP contribution in [0.3, 0.4) is 0 Å². The number of nitrogens with two attached hydrogens (primary N) is 1. The van der Waals surface area contributed by atoms with Gasteiger partial charge in [0.25, 0.3) is 0 Å². The minimum Gasteiger partial charge on any atom is -0.477 e. The highest BCUT2D eigenvalue weighted by Gasteiger charge is 2.23. The highest BCUT2D eigenvalue weighted by molar-refractivity contribution is 5.77. The first-order chi connectivity index (χ1) is 11.7. The normalized spacial score (nSPS) is 21.9. The van der Waals surface area contributed by atoms with Crippen LogP contribution in [-0.4, -0.2) is 48.1 Å². The monoisotopic (exact) mass is 331 g/mol. The SMILES string of the molecule is CCN1CCCC1CNC(N)=NCc1ccc(OCC2CC2)nc1. The van der Waals surface area contributed by atoms with Crippen molar-refractivity contribution in [3.05, 3.63) is 23.9 Å². The van der Waals surface area contributed by atoms with Gasteiger partial charge in [0.15, 0.2) is 5.96 Å². The molecule has 3 rings (SSSR count). The Labute approximate surface area is 144 Å². The Morgan fingerprint density at radius 1 is 1.42 bits per heavy atom. The van der Waals surface area contributed by atoms with Crippen molar-refractivity contribution in [2.75, 3.05) is 26.2 Å². The summed E-state index contributed by atoms with van der Waals surface area (Å²) in [4.78, 5) is 11.2. The number of likely N-dealkylation sites (tertiary alicyclic amines) is 1. The van der Waals surface area contributed by atoms with Crippen molar-refractivity contribution in [3.8, 4) is 5.88 Å². The van der Waals surface area contributed by atoms with Crippen molar-refractivity contribution < 1.29 is 4.74 Å². The number of aromatic nitrogens is 1. The van der Waals surface area contributed by atoms with Crippen LogP contribution in [-0.2, 0) is 6.54 Å². The van der Waals surface area contributed by atoms with Gasteiger partial charge in [0.1, 0.15) is 0 Å². The quantitative estimate of drug-likeness (QED) is 0.561. The largest absolute Gasteiger partial charge is 0.477 e. The second kappa shape index (κ2) is 8.33. The maximum atomic E-state index is 5.98. The Hall–Kier alpha value is -1.82. The van der Waals surface area contributed by atoms with Gasteiger partial charge in [-0.25, -0.2) is 9.98 Å². The average Bonchev–Trinajstić information content (AvgIpc) is 3.33. The summed E-state index contributed by atoms with van der Waals surface area (Å²) >= 11 is 0. The first-order valence-electron chi connectivity index (χ1n) is 9.10. The van der Waals surface area contributed by atoms with E-state index in [9.17, 15) is 0 Å². The summed E-state index contributed by atoms with van der Waals surface area (Å²) in [6, 6.07) is 4.49. The molecule has 1 aromatic rings. The maximum Gasteiger partial charge on any atom is 0.213 e. The molecule has 1 atom stereocenters. The van der Waals surface area contributed by atoms with Crippen LogP contribution >= 0.6 is 0 Å². The fourth-order valence-corrected chi connectivity index (χ4v) is 3.07. The van der Waals surface area contributed by atoms with Crippen molar-refractivity contribution in [1.82, 2.24) is 15.2 Å². The number of nitrogens with zero attached hydrogens (tertiary/aromatic N) is 3. The van der Waals surface area contributed by atoms with Gasteiger partial charge in [0.05, 0.1) is 13.2 Å². The summed E-state index contributed by atoms with van der Waals surface area (Å²) in [5.41, 5.74) is 7.02. The van der Waals surface area contributed by atoms with Gasteiger partial charge in [0, 0.05) is 24.8 Å². The number of likely N-dealkylation sites (N-methyl/N-ethyl adjacent to an activating group) is 1. The zero-order chi connectivity index (χ0) is 16.8. The smallest absolute Gasteiger partial charge is 0.213 e. The molecule has 3 N–H and O–H groups in total. The highest BCUT2D eigenvalue weighted by atomic mass is 16.5. The van der Waals surface area contributed by atoms with Gasteiger partial charge in [-0.15, -0.1) is 0 Å². The van der Waals surface area contributed by atoms with E-state index >= 15 is 0 Å². The molecule has 2 aliphatic rings. The van der Waals surface area contributed by atoms with E-state index in [1.807, 2.05) is 18.3 Å². The number of ether oxygens (including phenoxy) is 1. The van der Waals surface area contributed by atoms with Crippen LogP contribution in [0.1, 0.15) is 38.2 Å². The summed E-state index contributed by atoms with van der Waals surface area (Å²) in [5, 5.41) is 3.25. The van der Waals surface area contributed by atoms with Crippen LogP contribution in [0.25, 0.3) is 0 Å². The number of rotatable bonds is 8. The molecule has 1 saturated heterocycles. The Morgan fingerprint density at radius 2 is 2.29 bits per heavy atom. The predicted molar refractivity (Wildman–Crippen MR) is 96.1 cm³/mol. The maximum absolute atomic E-state index is 5.98. The summed E-state index contributed by atoms with van der Waals surface area (Å²) in [6.07, 6.45) is 6.90. The van der Waals surface area contributed by atoms with Crippen LogP contribution in [0.15, 0.2) is 23.3 Å². The van der Waals surface area contributed by atoms with E-state index < -0.39 is 0 Å². The molecule has 0 amide bonds. The van der Waals surface area contributed by atoms with Crippen molar-refractivity contribution in [3.63, 3.8) is 0 Å². The summed E-state index contributed by atoms with van der Waals surface area (Å²) in [5.74, 6) is 1.94. The van der Waals surface area contributed by atoms with E-state index in [0.717, 1.165) is 31.2 Å². The molecule has 0 aromatic carbocycles. The van der Waals surface area contributed by atoms with Gasteiger partial charge in [-0.1, -0.05) is 13.0 Å². The van der Waals surface area contributed by atoms with Crippen LogP contribution < -0.4 is 15.8 Å². The third-order valence-electron chi connectivity index (χ3n) is 4.82. The predicted octanol–water partition coefficient (Wildman–Crippen LogP) is 1.76. The van der Waals surface area contributed by atoms with Gasteiger partial charge in [-0.3, -0.25) is 4.90 Å².